The highest BCUT2D eigenvalue weighted by Crippen LogP contribution is 2.07. The zero-order chi connectivity index (χ0) is 9.68. The summed E-state index contributed by atoms with van der Waals surface area (Å²) in [4.78, 5) is 9.69. The second-order valence-corrected chi connectivity index (χ2v) is 2.59. The highest BCUT2D eigenvalue weighted by Gasteiger charge is 2.01. The average molecular weight is 178 g/mol. The van der Waals surface area contributed by atoms with Gasteiger partial charge in [0, 0.05) is 10.6 Å². The van der Waals surface area contributed by atoms with Crippen LogP contribution in [0.4, 0.5) is 5.69 Å². The molecule has 13 heavy (non-hydrogen) atoms. The summed E-state index contributed by atoms with van der Waals surface area (Å²) in [6, 6.07) is 9.22. The van der Waals surface area contributed by atoms with Crippen LogP contribution in [0.2, 0.25) is 0 Å². The molecular formula is C9H10N2O2. The lowest BCUT2D eigenvalue weighted by atomic mass is 10.3. The Labute approximate surface area is 76.0 Å². The number of benzene rings is 1. The summed E-state index contributed by atoms with van der Waals surface area (Å²) < 4.78 is 0. The first-order chi connectivity index (χ1) is 6.18. The standard InChI is InChI=1S/C9H10N2O2/c1-8(7-11(12)13)10-9-5-3-2-4-6-9/h2-6,10H,1,7H2. The Morgan fingerprint density at radius 1 is 1.46 bits per heavy atom. The van der Waals surface area contributed by atoms with Gasteiger partial charge < -0.3 is 5.32 Å². The van der Waals surface area contributed by atoms with E-state index in [4.69, 9.17) is 0 Å². The SMILES string of the molecule is C=C(C[N+](=O)[O-])Nc1ccccc1. The number of nitrogens with zero attached hydrogens (tertiary/aromatic N) is 1. The zero-order valence-electron chi connectivity index (χ0n) is 7.06. The normalized spacial score (nSPS) is 9.23. The van der Waals surface area contributed by atoms with Gasteiger partial charge in [0.15, 0.2) is 0 Å². The van der Waals surface area contributed by atoms with Crippen LogP contribution in [-0.2, 0) is 0 Å². The molecule has 1 aromatic carbocycles. The van der Waals surface area contributed by atoms with E-state index < -0.39 is 4.92 Å². The van der Waals surface area contributed by atoms with Crippen molar-refractivity contribution in [2.24, 2.45) is 0 Å². The molecule has 68 valence electrons. The molecule has 4 heteroatoms. The maximum atomic E-state index is 10.1. The Bertz CT molecular complexity index is 309. The molecular weight excluding hydrogens is 168 g/mol. The molecule has 0 aliphatic carbocycles. The number of hydrogen-bond donors (Lipinski definition) is 1. The summed E-state index contributed by atoms with van der Waals surface area (Å²) >= 11 is 0. The highest BCUT2D eigenvalue weighted by atomic mass is 16.6. The number of rotatable bonds is 4. The molecule has 1 N–H and O–H groups in total. The third kappa shape index (κ3) is 3.37. The van der Waals surface area contributed by atoms with Crippen LogP contribution in [0, 0.1) is 10.1 Å². The largest absolute Gasteiger partial charge is 0.354 e. The van der Waals surface area contributed by atoms with Crippen LogP contribution in [0.5, 0.6) is 0 Å². The van der Waals surface area contributed by atoms with Gasteiger partial charge in [0.2, 0.25) is 6.54 Å². The van der Waals surface area contributed by atoms with Crippen LogP contribution in [-0.4, -0.2) is 11.5 Å². The van der Waals surface area contributed by atoms with Gasteiger partial charge in [0.1, 0.15) is 0 Å². The van der Waals surface area contributed by atoms with Crippen molar-refractivity contribution < 1.29 is 4.92 Å². The van der Waals surface area contributed by atoms with Crippen molar-refractivity contribution in [3.05, 3.63) is 52.7 Å². The van der Waals surface area contributed by atoms with E-state index in [0.717, 1.165) is 5.69 Å². The van der Waals surface area contributed by atoms with Crippen molar-refractivity contribution in [3.63, 3.8) is 0 Å². The molecule has 0 radical (unpaired) electrons. The topological polar surface area (TPSA) is 55.2 Å². The minimum absolute atomic E-state index is 0.255. The van der Waals surface area contributed by atoms with Gasteiger partial charge in [0.25, 0.3) is 0 Å². The number of nitrogens with one attached hydrogen (secondary N) is 1. The van der Waals surface area contributed by atoms with Gasteiger partial charge in [-0.25, -0.2) is 0 Å². The quantitative estimate of drug-likeness (QED) is 0.565. The first kappa shape index (κ1) is 9.25. The summed E-state index contributed by atoms with van der Waals surface area (Å²) in [5, 5.41) is 12.9. The second-order valence-electron chi connectivity index (χ2n) is 2.59. The first-order valence-electron chi connectivity index (χ1n) is 3.80. The Morgan fingerprint density at radius 2 is 2.08 bits per heavy atom. The molecule has 0 unspecified atom stereocenters. The molecule has 4 nitrogen and oxygen atoms in total. The molecule has 1 rings (SSSR count). The van der Waals surface area contributed by atoms with Gasteiger partial charge >= 0.3 is 0 Å². The molecule has 0 amide bonds. The lowest BCUT2D eigenvalue weighted by molar-refractivity contribution is -0.470. The molecule has 0 fully saturated rings. The van der Waals surface area contributed by atoms with E-state index in [1.165, 1.54) is 0 Å². The monoisotopic (exact) mass is 178 g/mol. The van der Waals surface area contributed by atoms with E-state index in [2.05, 4.69) is 11.9 Å². The highest BCUT2D eigenvalue weighted by molar-refractivity contribution is 5.47. The number of hydrogen-bond acceptors (Lipinski definition) is 3. The van der Waals surface area contributed by atoms with Gasteiger partial charge in [-0.3, -0.25) is 10.1 Å². The van der Waals surface area contributed by atoms with Crippen molar-refractivity contribution in [2.75, 3.05) is 11.9 Å². The zero-order valence-corrected chi connectivity index (χ0v) is 7.06. The fourth-order valence-electron chi connectivity index (χ4n) is 0.921. The van der Waals surface area contributed by atoms with Crippen molar-refractivity contribution >= 4 is 5.69 Å². The molecule has 0 bridgehead atoms. The molecule has 0 atom stereocenters. The lowest BCUT2D eigenvalue weighted by Gasteiger charge is -2.04. The number of para-hydroxylation sites is 1. The van der Waals surface area contributed by atoms with Crippen LogP contribution in [0.3, 0.4) is 0 Å². The minimum atomic E-state index is -0.418. The van der Waals surface area contributed by atoms with Crippen molar-refractivity contribution in [3.8, 4) is 0 Å². The third-order valence-corrected chi connectivity index (χ3v) is 1.41. The Morgan fingerprint density at radius 3 is 2.62 bits per heavy atom. The molecule has 1 aromatic rings. The Hall–Kier alpha value is -1.84. The fraction of sp³-hybridized carbons (Fsp3) is 0.111. The number of anilines is 1. The Balaban J connectivity index is 2.50. The first-order valence-corrected chi connectivity index (χ1v) is 3.80. The summed E-state index contributed by atoms with van der Waals surface area (Å²) in [5.74, 6) is 0. The molecule has 0 saturated carbocycles. The van der Waals surface area contributed by atoms with E-state index in [1.54, 1.807) is 0 Å². The van der Waals surface area contributed by atoms with Crippen molar-refractivity contribution in [1.29, 1.82) is 0 Å². The molecule has 0 aromatic heterocycles. The van der Waals surface area contributed by atoms with Crippen molar-refractivity contribution in [2.45, 2.75) is 0 Å². The predicted octanol–water partition coefficient (Wildman–Crippen LogP) is 1.89. The average Bonchev–Trinajstić information content (AvgIpc) is 2.04. The van der Waals surface area contributed by atoms with Crippen LogP contribution < -0.4 is 5.32 Å². The number of nitro groups is 1. The fourth-order valence-corrected chi connectivity index (χ4v) is 0.921. The summed E-state index contributed by atoms with van der Waals surface area (Å²) in [6.07, 6.45) is 0. The Kier molecular flexibility index (Phi) is 3.03. The van der Waals surface area contributed by atoms with Gasteiger partial charge in [-0.1, -0.05) is 24.8 Å². The summed E-state index contributed by atoms with van der Waals surface area (Å²) in [7, 11) is 0. The van der Waals surface area contributed by atoms with Crippen molar-refractivity contribution in [1.82, 2.24) is 0 Å². The van der Waals surface area contributed by atoms with E-state index >= 15 is 0 Å². The summed E-state index contributed by atoms with van der Waals surface area (Å²) in [6.45, 7) is 3.28. The van der Waals surface area contributed by atoms with E-state index in [0.29, 0.717) is 5.70 Å². The molecule has 0 heterocycles. The van der Waals surface area contributed by atoms with E-state index in [1.807, 2.05) is 30.3 Å². The van der Waals surface area contributed by atoms with Gasteiger partial charge in [-0.05, 0) is 12.1 Å². The van der Waals surface area contributed by atoms with Gasteiger partial charge in [0.05, 0.1) is 5.70 Å². The molecule has 0 aliphatic rings. The summed E-state index contributed by atoms with van der Waals surface area (Å²) in [5.41, 5.74) is 1.20. The molecule has 0 aliphatic heterocycles. The van der Waals surface area contributed by atoms with Crippen LogP contribution >= 0.6 is 0 Å². The smallest absolute Gasteiger partial charge is 0.242 e. The van der Waals surface area contributed by atoms with Crippen LogP contribution in [0.25, 0.3) is 0 Å². The second kappa shape index (κ2) is 4.25. The van der Waals surface area contributed by atoms with E-state index in [9.17, 15) is 10.1 Å². The van der Waals surface area contributed by atoms with E-state index in [-0.39, 0.29) is 6.54 Å². The van der Waals surface area contributed by atoms with Gasteiger partial charge in [-0.15, -0.1) is 0 Å². The predicted molar refractivity (Wildman–Crippen MR) is 51.1 cm³/mol. The van der Waals surface area contributed by atoms with Gasteiger partial charge in [-0.2, -0.15) is 0 Å². The minimum Gasteiger partial charge on any atom is -0.354 e. The maximum absolute atomic E-state index is 10.1. The lowest BCUT2D eigenvalue weighted by Crippen LogP contribution is -2.09. The molecule has 0 spiro atoms. The maximum Gasteiger partial charge on any atom is 0.242 e. The third-order valence-electron chi connectivity index (χ3n) is 1.41. The molecule has 0 saturated heterocycles. The van der Waals surface area contributed by atoms with Crippen LogP contribution in [0.15, 0.2) is 42.6 Å². The van der Waals surface area contributed by atoms with Crippen LogP contribution in [0.1, 0.15) is 0 Å².